The van der Waals surface area contributed by atoms with Crippen molar-refractivity contribution in [1.82, 2.24) is 0 Å². The second-order valence-electron chi connectivity index (χ2n) is 3.30. The lowest BCUT2D eigenvalue weighted by Gasteiger charge is -2.07. The summed E-state index contributed by atoms with van der Waals surface area (Å²) in [6.45, 7) is 0. The molecule has 4 heteroatoms. The molecule has 0 amide bonds. The molecule has 0 aliphatic carbocycles. The first-order valence-corrected chi connectivity index (χ1v) is 7.51. The SMILES string of the molecule is OC(CSc1ccc(Br)cc1)c1cccs1. The molecular weight excluding hydrogens is 304 g/mol. The molecule has 2 rings (SSSR count). The Morgan fingerprint density at radius 2 is 2.00 bits per heavy atom. The summed E-state index contributed by atoms with van der Waals surface area (Å²) in [6.07, 6.45) is -0.367. The third-order valence-corrected chi connectivity index (χ3v) is 4.68. The van der Waals surface area contributed by atoms with Crippen molar-refractivity contribution >= 4 is 39.0 Å². The van der Waals surface area contributed by atoms with Crippen LogP contribution in [0.5, 0.6) is 0 Å². The van der Waals surface area contributed by atoms with Gasteiger partial charge in [0.05, 0.1) is 6.10 Å². The van der Waals surface area contributed by atoms with Crippen LogP contribution in [0.3, 0.4) is 0 Å². The maximum absolute atomic E-state index is 9.91. The van der Waals surface area contributed by atoms with Crippen molar-refractivity contribution < 1.29 is 5.11 Å². The molecule has 1 nitrogen and oxygen atoms in total. The van der Waals surface area contributed by atoms with Gasteiger partial charge in [0.2, 0.25) is 0 Å². The second-order valence-corrected chi connectivity index (χ2v) is 6.28. The number of halogens is 1. The van der Waals surface area contributed by atoms with Crippen LogP contribution in [0.1, 0.15) is 11.0 Å². The topological polar surface area (TPSA) is 20.2 Å². The van der Waals surface area contributed by atoms with Gasteiger partial charge in [0, 0.05) is 20.0 Å². The van der Waals surface area contributed by atoms with Crippen molar-refractivity contribution in [3.8, 4) is 0 Å². The highest BCUT2D eigenvalue weighted by Crippen LogP contribution is 2.27. The van der Waals surface area contributed by atoms with Crippen LogP contribution in [0.25, 0.3) is 0 Å². The van der Waals surface area contributed by atoms with E-state index in [2.05, 4.69) is 28.1 Å². The number of aliphatic hydroxyl groups excluding tert-OH is 1. The van der Waals surface area contributed by atoms with Crippen molar-refractivity contribution in [2.45, 2.75) is 11.0 Å². The van der Waals surface area contributed by atoms with E-state index in [0.29, 0.717) is 5.75 Å². The third kappa shape index (κ3) is 3.35. The van der Waals surface area contributed by atoms with Gasteiger partial charge in [-0.2, -0.15) is 0 Å². The van der Waals surface area contributed by atoms with E-state index in [1.165, 1.54) is 4.90 Å². The molecule has 1 aromatic carbocycles. The average Bonchev–Trinajstić information content (AvgIpc) is 2.81. The van der Waals surface area contributed by atoms with Crippen molar-refractivity contribution in [1.29, 1.82) is 0 Å². The number of thioether (sulfide) groups is 1. The van der Waals surface area contributed by atoms with E-state index in [0.717, 1.165) is 9.35 Å². The Bertz CT molecular complexity index is 425. The minimum atomic E-state index is -0.367. The number of hydrogen-bond donors (Lipinski definition) is 1. The molecule has 0 saturated heterocycles. The van der Waals surface area contributed by atoms with Crippen molar-refractivity contribution in [2.24, 2.45) is 0 Å². The Morgan fingerprint density at radius 1 is 1.25 bits per heavy atom. The van der Waals surface area contributed by atoms with E-state index >= 15 is 0 Å². The van der Waals surface area contributed by atoms with Gasteiger partial charge < -0.3 is 5.11 Å². The lowest BCUT2D eigenvalue weighted by atomic mass is 10.3. The molecule has 84 valence electrons. The summed E-state index contributed by atoms with van der Waals surface area (Å²) in [4.78, 5) is 2.21. The van der Waals surface area contributed by atoms with Gasteiger partial charge in [0.15, 0.2) is 0 Å². The highest BCUT2D eigenvalue weighted by atomic mass is 79.9. The molecule has 0 aliphatic rings. The Morgan fingerprint density at radius 3 is 2.62 bits per heavy atom. The van der Waals surface area contributed by atoms with Crippen molar-refractivity contribution in [3.05, 3.63) is 51.1 Å². The minimum Gasteiger partial charge on any atom is -0.387 e. The largest absolute Gasteiger partial charge is 0.387 e. The number of thiophene rings is 1. The fourth-order valence-corrected chi connectivity index (χ4v) is 3.21. The molecule has 2 aromatic rings. The van der Waals surface area contributed by atoms with Gasteiger partial charge in [0.25, 0.3) is 0 Å². The number of aliphatic hydroxyl groups is 1. The van der Waals surface area contributed by atoms with Gasteiger partial charge in [-0.05, 0) is 35.7 Å². The van der Waals surface area contributed by atoms with Gasteiger partial charge in [0.1, 0.15) is 0 Å². The molecule has 0 aliphatic heterocycles. The summed E-state index contributed by atoms with van der Waals surface area (Å²) < 4.78 is 1.08. The first-order valence-electron chi connectivity index (χ1n) is 4.85. The van der Waals surface area contributed by atoms with Gasteiger partial charge in [-0.15, -0.1) is 23.1 Å². The lowest BCUT2D eigenvalue weighted by Crippen LogP contribution is -1.97. The van der Waals surface area contributed by atoms with E-state index in [-0.39, 0.29) is 6.10 Å². The maximum atomic E-state index is 9.91. The first-order chi connectivity index (χ1) is 7.75. The third-order valence-electron chi connectivity index (χ3n) is 2.09. The van der Waals surface area contributed by atoms with Crippen LogP contribution < -0.4 is 0 Å². The summed E-state index contributed by atoms with van der Waals surface area (Å²) in [7, 11) is 0. The van der Waals surface area contributed by atoms with E-state index in [1.807, 2.05) is 29.6 Å². The Hall–Kier alpha value is -0.290. The fraction of sp³-hybridized carbons (Fsp3) is 0.167. The molecule has 16 heavy (non-hydrogen) atoms. The molecule has 1 unspecified atom stereocenters. The molecule has 0 radical (unpaired) electrons. The Labute approximate surface area is 112 Å². The van der Waals surface area contributed by atoms with Crippen LogP contribution in [0, 0.1) is 0 Å². The van der Waals surface area contributed by atoms with Crippen molar-refractivity contribution in [2.75, 3.05) is 5.75 Å². The molecule has 0 bridgehead atoms. The standard InChI is InChI=1S/C12H11BrOS2/c13-9-3-5-10(6-4-9)16-8-11(14)12-2-1-7-15-12/h1-7,11,14H,8H2. The summed E-state index contributed by atoms with van der Waals surface area (Å²) in [5.41, 5.74) is 0. The zero-order valence-electron chi connectivity index (χ0n) is 8.47. The zero-order valence-corrected chi connectivity index (χ0v) is 11.7. The Balaban J connectivity index is 1.90. The molecule has 0 spiro atoms. The van der Waals surface area contributed by atoms with Crippen LogP contribution in [-0.2, 0) is 0 Å². The molecular formula is C12H11BrOS2. The van der Waals surface area contributed by atoms with Crippen LogP contribution in [0.4, 0.5) is 0 Å². The summed E-state index contributed by atoms with van der Waals surface area (Å²) >= 11 is 6.67. The minimum absolute atomic E-state index is 0.367. The molecule has 1 aromatic heterocycles. The monoisotopic (exact) mass is 314 g/mol. The van der Waals surface area contributed by atoms with Gasteiger partial charge in [-0.25, -0.2) is 0 Å². The molecule has 1 N–H and O–H groups in total. The number of hydrogen-bond acceptors (Lipinski definition) is 3. The van der Waals surface area contributed by atoms with Gasteiger partial charge in [-0.3, -0.25) is 0 Å². The summed E-state index contributed by atoms with van der Waals surface area (Å²) in [5.74, 6) is 0.697. The smallest absolute Gasteiger partial charge is 0.0975 e. The zero-order chi connectivity index (χ0) is 11.4. The maximum Gasteiger partial charge on any atom is 0.0975 e. The second kappa shape index (κ2) is 5.87. The lowest BCUT2D eigenvalue weighted by molar-refractivity contribution is 0.208. The predicted molar refractivity (Wildman–Crippen MR) is 74.1 cm³/mol. The fourth-order valence-electron chi connectivity index (χ4n) is 1.27. The number of rotatable bonds is 4. The first kappa shape index (κ1) is 12.2. The highest BCUT2D eigenvalue weighted by Gasteiger charge is 2.08. The molecule has 1 atom stereocenters. The van der Waals surface area contributed by atoms with Crippen LogP contribution >= 0.6 is 39.0 Å². The average molecular weight is 315 g/mol. The number of benzene rings is 1. The quantitative estimate of drug-likeness (QED) is 0.847. The van der Waals surface area contributed by atoms with Gasteiger partial charge in [-0.1, -0.05) is 22.0 Å². The summed E-state index contributed by atoms with van der Waals surface area (Å²) in [5, 5.41) is 11.9. The van der Waals surface area contributed by atoms with Crippen molar-refractivity contribution in [3.63, 3.8) is 0 Å². The molecule has 0 fully saturated rings. The van der Waals surface area contributed by atoms with E-state index in [9.17, 15) is 5.11 Å². The normalized spacial score (nSPS) is 12.6. The Kier molecular flexibility index (Phi) is 4.46. The van der Waals surface area contributed by atoms with Crippen LogP contribution in [0.2, 0.25) is 0 Å². The van der Waals surface area contributed by atoms with E-state index in [1.54, 1.807) is 23.1 Å². The van der Waals surface area contributed by atoms with E-state index < -0.39 is 0 Å². The van der Waals surface area contributed by atoms with Crippen LogP contribution in [-0.4, -0.2) is 10.9 Å². The van der Waals surface area contributed by atoms with Crippen LogP contribution in [0.15, 0.2) is 51.1 Å². The summed E-state index contributed by atoms with van der Waals surface area (Å²) in [6, 6.07) is 12.1. The highest BCUT2D eigenvalue weighted by molar-refractivity contribution is 9.10. The van der Waals surface area contributed by atoms with E-state index in [4.69, 9.17) is 0 Å². The molecule has 0 saturated carbocycles. The van der Waals surface area contributed by atoms with Gasteiger partial charge >= 0.3 is 0 Å². The predicted octanol–water partition coefficient (Wildman–Crippen LogP) is 4.34. The molecule has 1 heterocycles.